The van der Waals surface area contributed by atoms with Gasteiger partial charge in [-0.05, 0) is 31.9 Å². The number of aryl methyl sites for hydroxylation is 1. The fourth-order valence-electron chi connectivity index (χ4n) is 2.14. The number of carbonyl (C=O) groups excluding carboxylic acids is 1. The summed E-state index contributed by atoms with van der Waals surface area (Å²) in [7, 11) is 0. The zero-order valence-electron chi connectivity index (χ0n) is 12.3. The lowest BCUT2D eigenvalue weighted by Gasteiger charge is -2.11. The van der Waals surface area contributed by atoms with Crippen LogP contribution in [-0.2, 0) is 11.3 Å². The van der Waals surface area contributed by atoms with Crippen molar-refractivity contribution in [3.8, 4) is 0 Å². The minimum absolute atomic E-state index is 0.0601. The second kappa shape index (κ2) is 6.24. The zero-order valence-corrected chi connectivity index (χ0v) is 13.2. The number of benzene rings is 1. The number of hydrazine groups is 1. The fraction of sp³-hybridized carbons (Fsp3) is 0.333. The molecule has 3 N–H and O–H groups in total. The Bertz CT molecular complexity index is 701. The maximum atomic E-state index is 11.9. The lowest BCUT2D eigenvalue weighted by atomic mass is 9.99. The molecule has 5 nitrogen and oxygen atoms in total. The van der Waals surface area contributed by atoms with E-state index in [0.29, 0.717) is 6.54 Å². The van der Waals surface area contributed by atoms with Gasteiger partial charge in [-0.15, -0.1) is 0 Å². The van der Waals surface area contributed by atoms with Crippen LogP contribution in [0.4, 0.5) is 0 Å². The molecule has 0 saturated heterocycles. The van der Waals surface area contributed by atoms with Crippen LogP contribution < -0.4 is 16.1 Å². The molecule has 1 heterocycles. The van der Waals surface area contributed by atoms with Crippen LogP contribution in [0.3, 0.4) is 0 Å². The summed E-state index contributed by atoms with van der Waals surface area (Å²) in [6.07, 6.45) is 0. The van der Waals surface area contributed by atoms with Crippen molar-refractivity contribution >= 4 is 17.2 Å². The number of amides is 1. The average Bonchev–Trinajstić information content (AvgIpc) is 2.73. The van der Waals surface area contributed by atoms with Gasteiger partial charge in [0.15, 0.2) is 0 Å². The van der Waals surface area contributed by atoms with Gasteiger partial charge in [-0.25, -0.2) is 5.84 Å². The van der Waals surface area contributed by atoms with Crippen LogP contribution in [0, 0.1) is 13.8 Å². The van der Waals surface area contributed by atoms with Gasteiger partial charge in [0.05, 0.1) is 12.5 Å². The van der Waals surface area contributed by atoms with E-state index in [0.717, 1.165) is 21.7 Å². The van der Waals surface area contributed by atoms with Gasteiger partial charge in [-0.2, -0.15) is 0 Å². The van der Waals surface area contributed by atoms with Crippen molar-refractivity contribution in [1.29, 1.82) is 0 Å². The van der Waals surface area contributed by atoms with Gasteiger partial charge in [0.25, 0.3) is 0 Å². The number of thiazole rings is 1. The normalized spacial score (nSPS) is 12.2. The average molecular weight is 305 g/mol. The third-order valence-electron chi connectivity index (χ3n) is 3.73. The Morgan fingerprint density at radius 3 is 2.43 bits per heavy atom. The van der Waals surface area contributed by atoms with E-state index in [1.54, 1.807) is 11.5 Å². The number of aromatic nitrogens is 1. The Morgan fingerprint density at radius 2 is 1.95 bits per heavy atom. The van der Waals surface area contributed by atoms with Crippen molar-refractivity contribution in [1.82, 2.24) is 9.99 Å². The summed E-state index contributed by atoms with van der Waals surface area (Å²) in [5.74, 6) is 4.63. The molecule has 0 fully saturated rings. The summed E-state index contributed by atoms with van der Waals surface area (Å²) in [5, 5.41) is 0. The van der Waals surface area contributed by atoms with E-state index < -0.39 is 0 Å². The number of hydrogen-bond donors (Lipinski definition) is 2. The van der Waals surface area contributed by atoms with Gasteiger partial charge in [-0.3, -0.25) is 19.6 Å². The van der Waals surface area contributed by atoms with E-state index in [9.17, 15) is 9.59 Å². The smallest absolute Gasteiger partial charge is 0.299 e. The lowest BCUT2D eigenvalue weighted by molar-refractivity contribution is -0.122. The van der Waals surface area contributed by atoms with Crippen molar-refractivity contribution < 1.29 is 4.79 Å². The Labute approximate surface area is 127 Å². The first kappa shape index (κ1) is 15.5. The number of nitrogens with one attached hydrogen (secondary N) is 1. The minimum Gasteiger partial charge on any atom is -0.299 e. The van der Waals surface area contributed by atoms with Gasteiger partial charge in [0.1, 0.15) is 0 Å². The molecule has 1 aromatic heterocycles. The molecule has 1 atom stereocenters. The van der Waals surface area contributed by atoms with E-state index in [1.165, 1.54) is 11.3 Å². The van der Waals surface area contributed by atoms with Crippen molar-refractivity contribution in [2.45, 2.75) is 33.2 Å². The van der Waals surface area contributed by atoms with E-state index in [-0.39, 0.29) is 16.7 Å². The highest BCUT2D eigenvalue weighted by Crippen LogP contribution is 2.17. The van der Waals surface area contributed by atoms with Crippen LogP contribution in [0.15, 0.2) is 29.1 Å². The molecule has 0 spiro atoms. The minimum atomic E-state index is -0.295. The molecule has 0 bridgehead atoms. The van der Waals surface area contributed by atoms with Crippen molar-refractivity contribution in [3.05, 3.63) is 55.6 Å². The summed E-state index contributed by atoms with van der Waals surface area (Å²) in [6.45, 7) is 6.25. The van der Waals surface area contributed by atoms with Crippen molar-refractivity contribution in [3.63, 3.8) is 0 Å². The predicted octanol–water partition coefficient (Wildman–Crippen LogP) is 1.67. The second-order valence-corrected chi connectivity index (χ2v) is 6.23. The molecule has 21 heavy (non-hydrogen) atoms. The van der Waals surface area contributed by atoms with Gasteiger partial charge in [-0.1, -0.05) is 35.6 Å². The van der Waals surface area contributed by atoms with Crippen LogP contribution >= 0.6 is 11.3 Å². The Kier molecular flexibility index (Phi) is 4.59. The van der Waals surface area contributed by atoms with E-state index in [1.807, 2.05) is 38.1 Å². The molecular weight excluding hydrogens is 286 g/mol. The summed E-state index contributed by atoms with van der Waals surface area (Å²) >= 11 is 1.27. The van der Waals surface area contributed by atoms with Crippen LogP contribution in [0.2, 0.25) is 0 Å². The van der Waals surface area contributed by atoms with Crippen molar-refractivity contribution in [2.24, 2.45) is 5.84 Å². The third-order valence-corrected chi connectivity index (χ3v) is 4.73. The largest absolute Gasteiger partial charge is 0.307 e. The SMILES string of the molecule is Cc1sc(=O)n(Cc2ccc(C(C)C(=O)NN)cc2)c1C. The topological polar surface area (TPSA) is 77.1 Å². The van der Waals surface area contributed by atoms with E-state index in [4.69, 9.17) is 5.84 Å². The molecule has 0 saturated carbocycles. The first-order chi connectivity index (χ1) is 9.93. The molecule has 1 aromatic carbocycles. The highest BCUT2D eigenvalue weighted by molar-refractivity contribution is 7.09. The molecule has 0 aliphatic rings. The lowest BCUT2D eigenvalue weighted by Crippen LogP contribution is -2.33. The monoisotopic (exact) mass is 305 g/mol. The Hall–Kier alpha value is -1.92. The molecule has 0 radical (unpaired) electrons. The third kappa shape index (κ3) is 3.22. The van der Waals surface area contributed by atoms with E-state index in [2.05, 4.69) is 5.43 Å². The standard InChI is InChI=1S/C15H19N3O2S/c1-9(14(19)17-16)13-6-4-12(5-7-13)8-18-10(2)11(3)21-15(18)20/h4-7,9H,8,16H2,1-3H3,(H,17,19). The molecule has 2 aromatic rings. The summed E-state index contributed by atoms with van der Waals surface area (Å²) < 4.78 is 1.77. The van der Waals surface area contributed by atoms with Crippen LogP contribution in [0.1, 0.15) is 34.5 Å². The Balaban J connectivity index is 2.20. The van der Waals surface area contributed by atoms with Gasteiger partial charge in [0, 0.05) is 10.6 Å². The number of carbonyl (C=O) groups is 1. The molecule has 2 rings (SSSR count). The first-order valence-electron chi connectivity index (χ1n) is 6.70. The summed E-state index contributed by atoms with van der Waals surface area (Å²) in [4.78, 5) is 24.5. The Morgan fingerprint density at radius 1 is 1.33 bits per heavy atom. The molecule has 1 amide bonds. The number of rotatable bonds is 4. The molecule has 112 valence electrons. The first-order valence-corrected chi connectivity index (χ1v) is 7.51. The van der Waals surface area contributed by atoms with Gasteiger partial charge in [0.2, 0.25) is 5.91 Å². The summed E-state index contributed by atoms with van der Waals surface area (Å²) in [5.41, 5.74) is 5.08. The zero-order chi connectivity index (χ0) is 15.6. The summed E-state index contributed by atoms with van der Waals surface area (Å²) in [6, 6.07) is 7.67. The number of nitrogens with two attached hydrogens (primary N) is 1. The van der Waals surface area contributed by atoms with Gasteiger partial charge >= 0.3 is 4.87 Å². The quantitative estimate of drug-likeness (QED) is 0.512. The second-order valence-electron chi connectivity index (χ2n) is 5.07. The van der Waals surface area contributed by atoms with Crippen molar-refractivity contribution in [2.75, 3.05) is 0 Å². The maximum absolute atomic E-state index is 11.9. The molecule has 0 aliphatic heterocycles. The van der Waals surface area contributed by atoms with Crippen LogP contribution in [0.25, 0.3) is 0 Å². The molecule has 1 unspecified atom stereocenters. The number of nitrogens with zero attached hydrogens (tertiary/aromatic N) is 1. The van der Waals surface area contributed by atoms with Crippen LogP contribution in [-0.4, -0.2) is 10.5 Å². The highest BCUT2D eigenvalue weighted by atomic mass is 32.1. The fourth-order valence-corrected chi connectivity index (χ4v) is 2.97. The van der Waals surface area contributed by atoms with Crippen LogP contribution in [0.5, 0.6) is 0 Å². The maximum Gasteiger partial charge on any atom is 0.307 e. The number of hydrogen-bond acceptors (Lipinski definition) is 4. The molecular formula is C15H19N3O2S. The van der Waals surface area contributed by atoms with Gasteiger partial charge < -0.3 is 0 Å². The predicted molar refractivity (Wildman–Crippen MR) is 84.3 cm³/mol. The molecule has 0 aliphatic carbocycles. The highest BCUT2D eigenvalue weighted by Gasteiger charge is 2.14. The molecule has 6 heteroatoms. The van der Waals surface area contributed by atoms with E-state index >= 15 is 0 Å².